The van der Waals surface area contributed by atoms with Gasteiger partial charge in [0.2, 0.25) is 11.6 Å². The summed E-state index contributed by atoms with van der Waals surface area (Å²) >= 11 is 0. The topological polar surface area (TPSA) is 75.6 Å². The SMILES string of the molecule is COc1ccc(C2N=C(c3cc(OC)c(OC)c(OC)c3)OC2=O)cc1. The summed E-state index contributed by atoms with van der Waals surface area (Å²) < 4.78 is 26.5. The maximum absolute atomic E-state index is 12.3. The molecular weight excluding hydrogens is 338 g/mol. The number of benzene rings is 2. The molecule has 0 saturated heterocycles. The molecule has 1 unspecified atom stereocenters. The first-order valence-corrected chi connectivity index (χ1v) is 7.85. The molecule has 26 heavy (non-hydrogen) atoms. The molecule has 1 atom stereocenters. The minimum Gasteiger partial charge on any atom is -0.497 e. The molecule has 1 heterocycles. The number of hydrogen-bond donors (Lipinski definition) is 0. The van der Waals surface area contributed by atoms with Gasteiger partial charge >= 0.3 is 5.97 Å². The molecule has 2 aromatic carbocycles. The Morgan fingerprint density at radius 2 is 1.50 bits per heavy atom. The summed E-state index contributed by atoms with van der Waals surface area (Å²) in [5, 5.41) is 0. The normalized spacial score (nSPS) is 15.9. The first-order chi connectivity index (χ1) is 12.6. The predicted molar refractivity (Wildman–Crippen MR) is 94.5 cm³/mol. The van der Waals surface area contributed by atoms with Gasteiger partial charge in [0.15, 0.2) is 17.5 Å². The second-order valence-corrected chi connectivity index (χ2v) is 5.45. The minimum atomic E-state index is -0.727. The van der Waals surface area contributed by atoms with Gasteiger partial charge in [-0.2, -0.15) is 0 Å². The van der Waals surface area contributed by atoms with Crippen molar-refractivity contribution in [3.05, 3.63) is 47.5 Å². The number of nitrogens with zero attached hydrogens (tertiary/aromatic N) is 1. The molecule has 0 saturated carbocycles. The van der Waals surface area contributed by atoms with Crippen LogP contribution in [0.15, 0.2) is 41.4 Å². The van der Waals surface area contributed by atoms with Crippen LogP contribution < -0.4 is 18.9 Å². The minimum absolute atomic E-state index is 0.204. The second kappa shape index (κ2) is 7.35. The van der Waals surface area contributed by atoms with E-state index in [0.717, 1.165) is 5.56 Å². The van der Waals surface area contributed by atoms with E-state index in [1.165, 1.54) is 21.3 Å². The highest BCUT2D eigenvalue weighted by atomic mass is 16.6. The van der Waals surface area contributed by atoms with Gasteiger partial charge in [0.25, 0.3) is 0 Å². The van der Waals surface area contributed by atoms with E-state index in [0.29, 0.717) is 28.6 Å². The van der Waals surface area contributed by atoms with Gasteiger partial charge in [-0.3, -0.25) is 0 Å². The quantitative estimate of drug-likeness (QED) is 0.740. The lowest BCUT2D eigenvalue weighted by molar-refractivity contribution is -0.135. The van der Waals surface area contributed by atoms with Gasteiger partial charge in [0.05, 0.1) is 28.4 Å². The van der Waals surface area contributed by atoms with E-state index in [1.54, 1.807) is 43.5 Å². The first kappa shape index (κ1) is 17.6. The standard InChI is InChI=1S/C19H19NO6/c1-22-13-7-5-11(6-8-13)16-19(21)26-18(20-16)12-9-14(23-2)17(25-4)15(10-12)24-3/h5-10,16H,1-4H3. The predicted octanol–water partition coefficient (Wildman–Crippen LogP) is 2.77. The van der Waals surface area contributed by atoms with Crippen molar-refractivity contribution in [2.24, 2.45) is 4.99 Å². The molecule has 1 aliphatic heterocycles. The summed E-state index contributed by atoms with van der Waals surface area (Å²) in [6.45, 7) is 0. The fourth-order valence-corrected chi connectivity index (χ4v) is 2.68. The van der Waals surface area contributed by atoms with Crippen LogP contribution in [-0.4, -0.2) is 40.3 Å². The van der Waals surface area contributed by atoms with Gasteiger partial charge in [0.1, 0.15) is 5.75 Å². The zero-order chi connectivity index (χ0) is 18.7. The van der Waals surface area contributed by atoms with Crippen LogP contribution in [0.3, 0.4) is 0 Å². The highest BCUT2D eigenvalue weighted by Crippen LogP contribution is 2.39. The number of ether oxygens (including phenoxy) is 5. The van der Waals surface area contributed by atoms with Crippen LogP contribution in [-0.2, 0) is 9.53 Å². The lowest BCUT2D eigenvalue weighted by atomic mass is 10.1. The van der Waals surface area contributed by atoms with Gasteiger partial charge < -0.3 is 23.7 Å². The van der Waals surface area contributed by atoms with Crippen LogP contribution in [0.4, 0.5) is 0 Å². The third kappa shape index (κ3) is 3.15. The Labute approximate surface area is 151 Å². The Balaban J connectivity index is 1.97. The lowest BCUT2D eigenvalue weighted by Gasteiger charge is -2.13. The summed E-state index contributed by atoms with van der Waals surface area (Å²) in [6, 6.07) is 9.76. The monoisotopic (exact) mass is 357 g/mol. The number of esters is 1. The summed E-state index contributed by atoms with van der Waals surface area (Å²) in [4.78, 5) is 16.7. The zero-order valence-electron chi connectivity index (χ0n) is 14.9. The fraction of sp³-hybridized carbons (Fsp3) is 0.263. The van der Waals surface area contributed by atoms with Crippen LogP contribution in [0.25, 0.3) is 0 Å². The van der Waals surface area contributed by atoms with Crippen LogP contribution in [0.5, 0.6) is 23.0 Å². The zero-order valence-corrected chi connectivity index (χ0v) is 14.9. The molecule has 0 amide bonds. The molecule has 2 aromatic rings. The number of cyclic esters (lactones) is 1. The van der Waals surface area contributed by atoms with E-state index < -0.39 is 12.0 Å². The molecule has 0 aromatic heterocycles. The van der Waals surface area contributed by atoms with Crippen molar-refractivity contribution in [2.45, 2.75) is 6.04 Å². The van der Waals surface area contributed by atoms with E-state index >= 15 is 0 Å². The van der Waals surface area contributed by atoms with Crippen molar-refractivity contribution in [3.8, 4) is 23.0 Å². The molecule has 136 valence electrons. The van der Waals surface area contributed by atoms with E-state index in [-0.39, 0.29) is 5.90 Å². The molecule has 0 aliphatic carbocycles. The fourth-order valence-electron chi connectivity index (χ4n) is 2.68. The van der Waals surface area contributed by atoms with Crippen molar-refractivity contribution in [1.82, 2.24) is 0 Å². The molecule has 7 nitrogen and oxygen atoms in total. The number of methoxy groups -OCH3 is 4. The third-order valence-electron chi connectivity index (χ3n) is 4.01. The van der Waals surface area contributed by atoms with Crippen LogP contribution in [0.1, 0.15) is 17.2 Å². The molecule has 1 aliphatic rings. The number of carbonyl (C=O) groups excluding carboxylic acids is 1. The van der Waals surface area contributed by atoms with Crippen LogP contribution in [0, 0.1) is 0 Å². The van der Waals surface area contributed by atoms with Gasteiger partial charge in [-0.1, -0.05) is 12.1 Å². The molecule has 7 heteroatoms. The van der Waals surface area contributed by atoms with Gasteiger partial charge in [0, 0.05) is 5.56 Å². The Kier molecular flexibility index (Phi) is 4.97. The number of carbonyl (C=O) groups is 1. The second-order valence-electron chi connectivity index (χ2n) is 5.45. The van der Waals surface area contributed by atoms with Crippen LogP contribution >= 0.6 is 0 Å². The Hall–Kier alpha value is -3.22. The van der Waals surface area contributed by atoms with Crippen molar-refractivity contribution in [1.29, 1.82) is 0 Å². The third-order valence-corrected chi connectivity index (χ3v) is 4.01. The Morgan fingerprint density at radius 3 is 2.00 bits per heavy atom. The number of rotatable bonds is 6. The summed E-state index contributed by atoms with van der Waals surface area (Å²) in [5.41, 5.74) is 1.28. The highest BCUT2D eigenvalue weighted by molar-refractivity contribution is 6.07. The maximum atomic E-state index is 12.3. The largest absolute Gasteiger partial charge is 0.497 e. The highest BCUT2D eigenvalue weighted by Gasteiger charge is 2.32. The van der Waals surface area contributed by atoms with Crippen molar-refractivity contribution in [2.75, 3.05) is 28.4 Å². The summed E-state index contributed by atoms with van der Waals surface area (Å²) in [5.74, 6) is 1.82. The molecule has 0 N–H and O–H groups in total. The average molecular weight is 357 g/mol. The van der Waals surface area contributed by atoms with Crippen molar-refractivity contribution < 1.29 is 28.5 Å². The van der Waals surface area contributed by atoms with Crippen molar-refractivity contribution >= 4 is 11.9 Å². The lowest BCUT2D eigenvalue weighted by Crippen LogP contribution is -2.09. The van der Waals surface area contributed by atoms with Crippen LogP contribution in [0.2, 0.25) is 0 Å². The number of hydrogen-bond acceptors (Lipinski definition) is 7. The number of aliphatic imine (C=N–C) groups is 1. The van der Waals surface area contributed by atoms with E-state index in [9.17, 15) is 4.79 Å². The Morgan fingerprint density at radius 1 is 0.885 bits per heavy atom. The molecule has 0 fully saturated rings. The first-order valence-electron chi connectivity index (χ1n) is 7.85. The Bertz CT molecular complexity index is 819. The summed E-state index contributed by atoms with van der Waals surface area (Å²) in [6.07, 6.45) is 0. The van der Waals surface area contributed by atoms with E-state index in [4.69, 9.17) is 23.7 Å². The smallest absolute Gasteiger partial charge is 0.342 e. The molecule has 0 bridgehead atoms. The van der Waals surface area contributed by atoms with Gasteiger partial charge in [-0.25, -0.2) is 9.79 Å². The molecular formula is C19H19NO6. The van der Waals surface area contributed by atoms with Gasteiger partial charge in [-0.15, -0.1) is 0 Å². The maximum Gasteiger partial charge on any atom is 0.342 e. The van der Waals surface area contributed by atoms with E-state index in [1.807, 2.05) is 0 Å². The van der Waals surface area contributed by atoms with Gasteiger partial charge in [-0.05, 0) is 29.8 Å². The molecule has 0 radical (unpaired) electrons. The molecule has 3 rings (SSSR count). The van der Waals surface area contributed by atoms with Crippen molar-refractivity contribution in [3.63, 3.8) is 0 Å². The molecule has 0 spiro atoms. The summed E-state index contributed by atoms with van der Waals surface area (Å²) in [7, 11) is 6.14. The average Bonchev–Trinajstić information content (AvgIpc) is 3.08. The van der Waals surface area contributed by atoms with E-state index in [2.05, 4.69) is 4.99 Å².